The Morgan fingerprint density at radius 2 is 1.38 bits per heavy atom. The Morgan fingerprint density at radius 3 is 1.77 bits per heavy atom. The average molecular weight is 414 g/mol. The molecule has 68 valence electrons. The lowest BCUT2D eigenvalue weighted by atomic mass is 10.1. The van der Waals surface area contributed by atoms with E-state index in [0.717, 1.165) is 8.86 Å². The van der Waals surface area contributed by atoms with Crippen LogP contribution < -0.4 is 0 Å². The lowest BCUT2D eigenvalue weighted by Crippen LogP contribution is -1.70. The van der Waals surface area contributed by atoms with Gasteiger partial charge in [0.25, 0.3) is 0 Å². The van der Waals surface area contributed by atoms with Crippen LogP contribution in [0.5, 0.6) is 0 Å². The summed E-state index contributed by atoms with van der Waals surface area (Å²) in [4.78, 5) is 3.03. The molecule has 0 atom stereocenters. The molecule has 0 saturated carbocycles. The molecule has 0 radical (unpaired) electrons. The molecular weight excluding hydrogens is 406 g/mol. The van der Waals surface area contributed by atoms with Crippen LogP contribution in [0.1, 0.15) is 9.75 Å². The number of halogens is 2. The number of fused-ring (bicyclic) bond motifs is 1. The maximum Gasteiger partial charge on any atom is 0.0347 e. The topological polar surface area (TPSA) is 0 Å². The van der Waals surface area contributed by atoms with E-state index in [-0.39, 0.29) is 0 Å². The van der Waals surface area contributed by atoms with Gasteiger partial charge in [0.2, 0.25) is 0 Å². The van der Waals surface area contributed by atoms with Crippen molar-refractivity contribution in [3.8, 4) is 0 Å². The van der Waals surface area contributed by atoms with Crippen molar-refractivity contribution >= 4 is 67.3 Å². The molecule has 0 spiro atoms. The molecule has 0 fully saturated rings. The molecule has 0 aliphatic heterocycles. The van der Waals surface area contributed by atoms with Gasteiger partial charge in [-0.15, -0.1) is 11.3 Å². The molecule has 0 aliphatic carbocycles. The normalized spacial score (nSPS) is 10.9. The van der Waals surface area contributed by atoms with Gasteiger partial charge in [-0.05, 0) is 10.8 Å². The van der Waals surface area contributed by atoms with Crippen molar-refractivity contribution in [3.05, 3.63) is 34.0 Å². The maximum absolute atomic E-state index is 2.44. The summed E-state index contributed by atoms with van der Waals surface area (Å²) in [6.07, 6.45) is 0. The van der Waals surface area contributed by atoms with E-state index < -0.39 is 0 Å². The summed E-state index contributed by atoms with van der Waals surface area (Å²) in [6.45, 7) is 0. The summed E-state index contributed by atoms with van der Waals surface area (Å²) in [7, 11) is 0. The minimum Gasteiger partial charge on any atom is -0.142 e. The second-order valence-corrected chi connectivity index (χ2v) is 5.48. The lowest BCUT2D eigenvalue weighted by molar-refractivity contribution is 1.64. The third-order valence-corrected chi connectivity index (χ3v) is 5.80. The molecular formula is C10H8I2S. The predicted octanol–water partition coefficient (Wildman–Crippen LogP) is 4.77. The van der Waals surface area contributed by atoms with Crippen LogP contribution in [0.15, 0.2) is 24.3 Å². The van der Waals surface area contributed by atoms with Crippen molar-refractivity contribution in [2.45, 2.75) is 8.86 Å². The van der Waals surface area contributed by atoms with Crippen molar-refractivity contribution in [2.75, 3.05) is 0 Å². The lowest BCUT2D eigenvalue weighted by Gasteiger charge is -1.91. The first kappa shape index (κ1) is 10.2. The Labute approximate surface area is 109 Å². The van der Waals surface area contributed by atoms with E-state index in [1.165, 1.54) is 20.5 Å². The van der Waals surface area contributed by atoms with Gasteiger partial charge >= 0.3 is 0 Å². The van der Waals surface area contributed by atoms with Crippen molar-refractivity contribution in [2.24, 2.45) is 0 Å². The Morgan fingerprint density at radius 1 is 0.923 bits per heavy atom. The quantitative estimate of drug-likeness (QED) is 0.491. The van der Waals surface area contributed by atoms with Crippen LogP contribution in [0.3, 0.4) is 0 Å². The number of alkyl halides is 2. The first-order chi connectivity index (χ1) is 6.36. The average Bonchev–Trinajstić information content (AvgIpc) is 2.56. The highest BCUT2D eigenvalue weighted by atomic mass is 127. The Balaban J connectivity index is 2.74. The fourth-order valence-corrected chi connectivity index (χ4v) is 4.17. The standard InChI is InChI=1S/C10H8I2S/c11-5-9-7-3-1-2-4-8(7)10(6-12)13-9/h1-4H,5-6H2. The van der Waals surface area contributed by atoms with Crippen LogP contribution in [-0.2, 0) is 8.86 Å². The smallest absolute Gasteiger partial charge is 0.0347 e. The number of hydrogen-bond donors (Lipinski definition) is 0. The van der Waals surface area contributed by atoms with Crippen LogP contribution in [0, 0.1) is 0 Å². The molecule has 0 nitrogen and oxygen atoms in total. The molecule has 0 saturated heterocycles. The zero-order valence-electron chi connectivity index (χ0n) is 6.89. The van der Waals surface area contributed by atoms with E-state index >= 15 is 0 Å². The molecule has 1 heterocycles. The number of rotatable bonds is 2. The third-order valence-electron chi connectivity index (χ3n) is 2.02. The monoisotopic (exact) mass is 414 g/mol. The summed E-state index contributed by atoms with van der Waals surface area (Å²) < 4.78 is 2.25. The summed E-state index contributed by atoms with van der Waals surface area (Å²) in [5.74, 6) is 0. The van der Waals surface area contributed by atoms with Crippen LogP contribution in [0.25, 0.3) is 10.8 Å². The summed E-state index contributed by atoms with van der Waals surface area (Å²) in [6, 6.07) is 8.72. The van der Waals surface area contributed by atoms with Crippen LogP contribution in [0.4, 0.5) is 0 Å². The predicted molar refractivity (Wildman–Crippen MR) is 77.3 cm³/mol. The minimum atomic E-state index is 1.12. The van der Waals surface area contributed by atoms with E-state index in [4.69, 9.17) is 0 Å². The van der Waals surface area contributed by atoms with Gasteiger partial charge < -0.3 is 0 Å². The van der Waals surface area contributed by atoms with E-state index in [1.807, 2.05) is 11.3 Å². The zero-order valence-corrected chi connectivity index (χ0v) is 12.0. The van der Waals surface area contributed by atoms with Crippen molar-refractivity contribution in [1.29, 1.82) is 0 Å². The van der Waals surface area contributed by atoms with Crippen LogP contribution >= 0.6 is 56.5 Å². The Bertz CT molecular complexity index is 382. The van der Waals surface area contributed by atoms with Gasteiger partial charge in [0.15, 0.2) is 0 Å². The Kier molecular flexibility index (Phi) is 3.47. The summed E-state index contributed by atoms with van der Waals surface area (Å²) >= 11 is 6.84. The van der Waals surface area contributed by atoms with Gasteiger partial charge in [-0.1, -0.05) is 69.4 Å². The van der Waals surface area contributed by atoms with Gasteiger partial charge in [-0.25, -0.2) is 0 Å². The first-order valence-corrected chi connectivity index (χ1v) is 7.84. The van der Waals surface area contributed by atoms with Gasteiger partial charge in [0, 0.05) is 18.6 Å². The van der Waals surface area contributed by atoms with Crippen molar-refractivity contribution in [1.82, 2.24) is 0 Å². The van der Waals surface area contributed by atoms with Crippen LogP contribution in [-0.4, -0.2) is 0 Å². The number of hydrogen-bond acceptors (Lipinski definition) is 1. The van der Waals surface area contributed by atoms with Gasteiger partial charge in [-0.3, -0.25) is 0 Å². The minimum absolute atomic E-state index is 1.12. The molecule has 3 heteroatoms. The fraction of sp³-hybridized carbons (Fsp3) is 0.200. The highest BCUT2D eigenvalue weighted by Gasteiger charge is 2.07. The molecule has 0 bridgehead atoms. The first-order valence-electron chi connectivity index (χ1n) is 3.98. The SMILES string of the molecule is ICc1sc(CI)c2ccccc12. The Hall–Kier alpha value is 0.640. The highest BCUT2D eigenvalue weighted by Crippen LogP contribution is 2.33. The number of benzene rings is 1. The molecule has 2 aromatic rings. The van der Waals surface area contributed by atoms with Crippen molar-refractivity contribution < 1.29 is 0 Å². The molecule has 0 N–H and O–H groups in total. The second kappa shape index (κ2) is 4.44. The van der Waals surface area contributed by atoms with Crippen molar-refractivity contribution in [3.63, 3.8) is 0 Å². The largest absolute Gasteiger partial charge is 0.142 e. The molecule has 1 aromatic heterocycles. The molecule has 0 unspecified atom stereocenters. The van der Waals surface area contributed by atoms with E-state index in [2.05, 4.69) is 69.4 Å². The second-order valence-electron chi connectivity index (χ2n) is 2.76. The third kappa shape index (κ3) is 1.87. The van der Waals surface area contributed by atoms with Gasteiger partial charge in [0.1, 0.15) is 0 Å². The van der Waals surface area contributed by atoms with Crippen LogP contribution in [0.2, 0.25) is 0 Å². The number of thiophene rings is 1. The van der Waals surface area contributed by atoms with E-state index in [9.17, 15) is 0 Å². The zero-order chi connectivity index (χ0) is 9.26. The van der Waals surface area contributed by atoms with E-state index in [1.54, 1.807) is 0 Å². The molecule has 13 heavy (non-hydrogen) atoms. The molecule has 0 amide bonds. The highest BCUT2D eigenvalue weighted by molar-refractivity contribution is 14.1. The summed E-state index contributed by atoms with van der Waals surface area (Å²) in [5.41, 5.74) is 0. The summed E-state index contributed by atoms with van der Waals surface area (Å²) in [5, 5.41) is 2.90. The molecule has 1 aromatic carbocycles. The van der Waals surface area contributed by atoms with Gasteiger partial charge in [-0.2, -0.15) is 0 Å². The van der Waals surface area contributed by atoms with Gasteiger partial charge in [0.05, 0.1) is 0 Å². The molecule has 2 rings (SSSR count). The van der Waals surface area contributed by atoms with E-state index in [0.29, 0.717) is 0 Å². The molecule has 0 aliphatic rings. The fourth-order valence-electron chi connectivity index (χ4n) is 1.43. The maximum atomic E-state index is 2.44.